The molecule has 2 aliphatic heterocycles. The lowest BCUT2D eigenvalue weighted by Crippen LogP contribution is -2.52. The molecule has 7 nitrogen and oxygen atoms in total. The SMILES string of the molecule is O=C(O)c1ccc2c(c1)CCCN2C(=O)CN1CCNCC1=O. The van der Waals surface area contributed by atoms with Crippen LogP contribution in [0.5, 0.6) is 0 Å². The maximum absolute atomic E-state index is 12.6. The van der Waals surface area contributed by atoms with Gasteiger partial charge < -0.3 is 20.2 Å². The van der Waals surface area contributed by atoms with Gasteiger partial charge in [-0.3, -0.25) is 9.59 Å². The third kappa shape index (κ3) is 3.19. The predicted octanol–water partition coefficient (Wildman–Crippen LogP) is 0.0958. The Hall–Kier alpha value is -2.41. The van der Waals surface area contributed by atoms with Crippen LogP contribution in [0.15, 0.2) is 18.2 Å². The van der Waals surface area contributed by atoms with Crippen LogP contribution in [0.1, 0.15) is 22.3 Å². The highest BCUT2D eigenvalue weighted by molar-refractivity contribution is 5.98. The van der Waals surface area contributed by atoms with Crippen molar-refractivity contribution in [3.8, 4) is 0 Å². The number of benzene rings is 1. The molecule has 1 fully saturated rings. The monoisotopic (exact) mass is 317 g/mol. The molecule has 0 spiro atoms. The van der Waals surface area contributed by atoms with Crippen LogP contribution in [0.3, 0.4) is 0 Å². The highest BCUT2D eigenvalue weighted by Crippen LogP contribution is 2.28. The summed E-state index contributed by atoms with van der Waals surface area (Å²) in [6.45, 7) is 2.16. The van der Waals surface area contributed by atoms with E-state index < -0.39 is 5.97 Å². The maximum Gasteiger partial charge on any atom is 0.335 e. The van der Waals surface area contributed by atoms with Gasteiger partial charge in [-0.2, -0.15) is 0 Å². The topological polar surface area (TPSA) is 89.9 Å². The van der Waals surface area contributed by atoms with Gasteiger partial charge in [0.1, 0.15) is 6.54 Å². The highest BCUT2D eigenvalue weighted by atomic mass is 16.4. The molecule has 0 unspecified atom stereocenters. The molecule has 23 heavy (non-hydrogen) atoms. The van der Waals surface area contributed by atoms with E-state index in [-0.39, 0.29) is 30.5 Å². The van der Waals surface area contributed by atoms with E-state index >= 15 is 0 Å². The molecule has 0 bridgehead atoms. The third-order valence-corrected chi connectivity index (χ3v) is 4.26. The summed E-state index contributed by atoms with van der Waals surface area (Å²) in [5.74, 6) is -1.16. The first-order valence-corrected chi connectivity index (χ1v) is 7.71. The van der Waals surface area contributed by atoms with Crippen molar-refractivity contribution in [2.45, 2.75) is 12.8 Å². The third-order valence-electron chi connectivity index (χ3n) is 4.26. The van der Waals surface area contributed by atoms with Gasteiger partial charge in [0.05, 0.1) is 12.1 Å². The Morgan fingerprint density at radius 2 is 2.09 bits per heavy atom. The Bertz CT molecular complexity index is 659. The van der Waals surface area contributed by atoms with Gasteiger partial charge in [-0.1, -0.05) is 0 Å². The second kappa shape index (κ2) is 6.37. The van der Waals surface area contributed by atoms with Crippen molar-refractivity contribution >= 4 is 23.5 Å². The van der Waals surface area contributed by atoms with E-state index in [1.54, 1.807) is 21.9 Å². The van der Waals surface area contributed by atoms with Gasteiger partial charge in [0.25, 0.3) is 0 Å². The minimum atomic E-state index is -0.970. The van der Waals surface area contributed by atoms with Crippen LogP contribution in [0.2, 0.25) is 0 Å². The summed E-state index contributed by atoms with van der Waals surface area (Å²) in [4.78, 5) is 38.7. The molecule has 3 rings (SSSR count). The number of nitrogens with one attached hydrogen (secondary N) is 1. The van der Waals surface area contributed by atoms with Crippen LogP contribution in [0.25, 0.3) is 0 Å². The number of aryl methyl sites for hydroxylation is 1. The quantitative estimate of drug-likeness (QED) is 0.825. The molecule has 0 radical (unpaired) electrons. The number of carbonyl (C=O) groups is 3. The van der Waals surface area contributed by atoms with E-state index in [0.29, 0.717) is 19.6 Å². The predicted molar refractivity (Wildman–Crippen MR) is 83.5 cm³/mol. The van der Waals surface area contributed by atoms with Crippen molar-refractivity contribution in [2.75, 3.05) is 37.6 Å². The fraction of sp³-hybridized carbons (Fsp3) is 0.438. The Balaban J connectivity index is 1.78. The van der Waals surface area contributed by atoms with Crippen molar-refractivity contribution < 1.29 is 19.5 Å². The summed E-state index contributed by atoms with van der Waals surface area (Å²) < 4.78 is 0. The minimum Gasteiger partial charge on any atom is -0.478 e. The van der Waals surface area contributed by atoms with Gasteiger partial charge in [-0.25, -0.2) is 4.79 Å². The fourth-order valence-corrected chi connectivity index (χ4v) is 3.05. The summed E-state index contributed by atoms with van der Waals surface area (Å²) in [5, 5.41) is 12.1. The number of carboxylic acid groups (broad SMARTS) is 1. The molecule has 1 aromatic rings. The van der Waals surface area contributed by atoms with Crippen LogP contribution in [-0.4, -0.2) is 60.5 Å². The molecule has 2 amide bonds. The van der Waals surface area contributed by atoms with E-state index in [9.17, 15) is 14.4 Å². The number of rotatable bonds is 3. The van der Waals surface area contributed by atoms with Crippen molar-refractivity contribution in [3.63, 3.8) is 0 Å². The van der Waals surface area contributed by atoms with E-state index in [0.717, 1.165) is 24.1 Å². The van der Waals surface area contributed by atoms with Crippen LogP contribution in [0.4, 0.5) is 5.69 Å². The van der Waals surface area contributed by atoms with E-state index in [4.69, 9.17) is 5.11 Å². The van der Waals surface area contributed by atoms with Crippen LogP contribution >= 0.6 is 0 Å². The standard InChI is InChI=1S/C16H19N3O4/c20-14-9-17-5-7-18(14)10-15(21)19-6-1-2-11-8-12(16(22)23)3-4-13(11)19/h3-4,8,17H,1-2,5-7,9-10H2,(H,22,23). The lowest BCUT2D eigenvalue weighted by molar-refractivity contribution is -0.136. The Morgan fingerprint density at radius 1 is 1.26 bits per heavy atom. The summed E-state index contributed by atoms with van der Waals surface area (Å²) in [5.41, 5.74) is 1.86. The zero-order chi connectivity index (χ0) is 16.4. The molecule has 0 aromatic heterocycles. The maximum atomic E-state index is 12.6. The number of fused-ring (bicyclic) bond motifs is 1. The molecule has 7 heteroatoms. The summed E-state index contributed by atoms with van der Waals surface area (Å²) in [6, 6.07) is 4.84. The number of nitrogens with zero attached hydrogens (tertiary/aromatic N) is 2. The molecular formula is C16H19N3O4. The smallest absolute Gasteiger partial charge is 0.335 e. The van der Waals surface area contributed by atoms with E-state index in [1.165, 1.54) is 6.07 Å². The van der Waals surface area contributed by atoms with Gasteiger partial charge in [-0.05, 0) is 36.6 Å². The first-order chi connectivity index (χ1) is 11.1. The normalized spacial score (nSPS) is 17.8. The van der Waals surface area contributed by atoms with Gasteiger partial charge in [0.15, 0.2) is 0 Å². The van der Waals surface area contributed by atoms with Crippen LogP contribution < -0.4 is 10.2 Å². The van der Waals surface area contributed by atoms with Crippen molar-refractivity contribution in [1.82, 2.24) is 10.2 Å². The molecule has 1 aromatic carbocycles. The number of carboxylic acids is 1. The number of amides is 2. The Labute approximate surface area is 133 Å². The van der Waals surface area contributed by atoms with E-state index in [2.05, 4.69) is 5.32 Å². The molecule has 122 valence electrons. The number of hydrogen-bond acceptors (Lipinski definition) is 4. The molecule has 2 heterocycles. The number of aromatic carboxylic acids is 1. The number of piperazine rings is 1. The van der Waals surface area contributed by atoms with Gasteiger partial charge >= 0.3 is 5.97 Å². The summed E-state index contributed by atoms with van der Waals surface area (Å²) in [6.07, 6.45) is 1.55. The summed E-state index contributed by atoms with van der Waals surface area (Å²) in [7, 11) is 0. The number of hydrogen-bond donors (Lipinski definition) is 2. The largest absolute Gasteiger partial charge is 0.478 e. The second-order valence-electron chi connectivity index (χ2n) is 5.79. The molecule has 1 saturated heterocycles. The van der Waals surface area contributed by atoms with Crippen molar-refractivity contribution in [3.05, 3.63) is 29.3 Å². The number of anilines is 1. The first-order valence-electron chi connectivity index (χ1n) is 7.71. The zero-order valence-electron chi connectivity index (χ0n) is 12.7. The summed E-state index contributed by atoms with van der Waals surface area (Å²) >= 11 is 0. The highest BCUT2D eigenvalue weighted by Gasteiger charge is 2.27. The van der Waals surface area contributed by atoms with Crippen LogP contribution in [0, 0.1) is 0 Å². The molecule has 0 saturated carbocycles. The van der Waals surface area contributed by atoms with Crippen molar-refractivity contribution in [1.29, 1.82) is 0 Å². The minimum absolute atomic E-state index is 0.0666. The first kappa shape index (κ1) is 15.5. The van der Waals surface area contributed by atoms with Gasteiger partial charge in [0, 0.05) is 25.3 Å². The van der Waals surface area contributed by atoms with E-state index in [1.807, 2.05) is 0 Å². The van der Waals surface area contributed by atoms with Gasteiger partial charge in [-0.15, -0.1) is 0 Å². The second-order valence-corrected chi connectivity index (χ2v) is 5.79. The fourth-order valence-electron chi connectivity index (χ4n) is 3.05. The lowest BCUT2D eigenvalue weighted by atomic mass is 9.99. The number of carbonyl (C=O) groups excluding carboxylic acids is 2. The molecular weight excluding hydrogens is 298 g/mol. The lowest BCUT2D eigenvalue weighted by Gasteiger charge is -2.33. The molecule has 0 atom stereocenters. The Morgan fingerprint density at radius 3 is 2.83 bits per heavy atom. The average Bonchev–Trinajstić information content (AvgIpc) is 2.55. The van der Waals surface area contributed by atoms with Crippen molar-refractivity contribution in [2.24, 2.45) is 0 Å². The molecule has 0 aliphatic carbocycles. The van der Waals surface area contributed by atoms with Crippen LogP contribution in [-0.2, 0) is 16.0 Å². The molecule has 2 aliphatic rings. The molecule has 2 N–H and O–H groups in total. The average molecular weight is 317 g/mol. The zero-order valence-corrected chi connectivity index (χ0v) is 12.7. The Kier molecular flexibility index (Phi) is 4.29. The van der Waals surface area contributed by atoms with Gasteiger partial charge in [0.2, 0.25) is 11.8 Å².